The van der Waals surface area contributed by atoms with Gasteiger partial charge in [0.2, 0.25) is 0 Å². The van der Waals surface area contributed by atoms with E-state index in [9.17, 15) is 0 Å². The fourth-order valence-corrected chi connectivity index (χ4v) is 2.59. The normalized spacial score (nSPS) is 23.0. The van der Waals surface area contributed by atoms with E-state index in [-0.39, 0.29) is 0 Å². The highest BCUT2D eigenvalue weighted by atomic mass is 16.5. The summed E-state index contributed by atoms with van der Waals surface area (Å²) in [4.78, 5) is 11.2. The Morgan fingerprint density at radius 3 is 2.84 bits per heavy atom. The van der Waals surface area contributed by atoms with Crippen LogP contribution in [0.15, 0.2) is 22.9 Å². The van der Waals surface area contributed by atoms with Crippen LogP contribution in [-0.2, 0) is 0 Å². The van der Waals surface area contributed by atoms with Gasteiger partial charge in [0.1, 0.15) is 5.82 Å². The highest BCUT2D eigenvalue weighted by Crippen LogP contribution is 2.34. The lowest BCUT2D eigenvalue weighted by molar-refractivity contribution is 0.425. The van der Waals surface area contributed by atoms with Crippen molar-refractivity contribution >= 4 is 5.82 Å². The van der Waals surface area contributed by atoms with Gasteiger partial charge in [0, 0.05) is 18.8 Å². The molecule has 2 atom stereocenters. The van der Waals surface area contributed by atoms with Crippen LogP contribution in [0.5, 0.6) is 0 Å². The van der Waals surface area contributed by atoms with Crippen LogP contribution in [0, 0.1) is 12.8 Å². The fourth-order valence-electron chi connectivity index (χ4n) is 2.59. The second-order valence-electron chi connectivity index (χ2n) is 5.22. The van der Waals surface area contributed by atoms with Crippen molar-refractivity contribution in [3.63, 3.8) is 0 Å². The average molecular weight is 258 g/mol. The molecule has 1 fully saturated rings. The van der Waals surface area contributed by atoms with Crippen LogP contribution in [-0.4, -0.2) is 27.7 Å². The fraction of sp³-hybridized carbons (Fsp3) is 0.500. The number of nitrogens with zero attached hydrogens (tertiary/aromatic N) is 4. The summed E-state index contributed by atoms with van der Waals surface area (Å²) in [6.45, 7) is 7.38. The Morgan fingerprint density at radius 1 is 1.37 bits per heavy atom. The summed E-state index contributed by atoms with van der Waals surface area (Å²) in [6, 6.07) is 4.38. The van der Waals surface area contributed by atoms with Gasteiger partial charge < -0.3 is 9.42 Å². The number of aryl methyl sites for hydroxylation is 1. The van der Waals surface area contributed by atoms with Crippen LogP contribution in [0.2, 0.25) is 0 Å². The minimum absolute atomic E-state index is 0.484. The van der Waals surface area contributed by atoms with Crippen LogP contribution in [0.3, 0.4) is 0 Å². The maximum Gasteiger partial charge on any atom is 0.261 e. The molecule has 0 bridgehead atoms. The van der Waals surface area contributed by atoms with Gasteiger partial charge in [-0.3, -0.25) is 0 Å². The zero-order valence-electron chi connectivity index (χ0n) is 11.5. The smallest absolute Gasteiger partial charge is 0.261 e. The maximum atomic E-state index is 5.28. The molecule has 19 heavy (non-hydrogen) atoms. The predicted octanol–water partition coefficient (Wildman–Crippen LogP) is 2.67. The van der Waals surface area contributed by atoms with Crippen LogP contribution in [0.25, 0.3) is 11.5 Å². The van der Waals surface area contributed by atoms with Crippen LogP contribution >= 0.6 is 0 Å². The van der Waals surface area contributed by atoms with E-state index < -0.39 is 0 Å². The van der Waals surface area contributed by atoms with Crippen molar-refractivity contribution in [3.05, 3.63) is 24.2 Å². The van der Waals surface area contributed by atoms with E-state index in [1.807, 2.05) is 25.3 Å². The molecule has 0 spiro atoms. The summed E-state index contributed by atoms with van der Waals surface area (Å²) in [6.07, 6.45) is 3.01. The van der Waals surface area contributed by atoms with Crippen molar-refractivity contribution in [2.45, 2.75) is 33.2 Å². The Balaban J connectivity index is 2.03. The summed E-state index contributed by atoms with van der Waals surface area (Å²) < 4.78 is 5.28. The summed E-state index contributed by atoms with van der Waals surface area (Å²) >= 11 is 0. The van der Waals surface area contributed by atoms with Crippen LogP contribution in [0.4, 0.5) is 5.82 Å². The molecule has 2 aromatic heterocycles. The lowest BCUT2D eigenvalue weighted by Gasteiger charge is -2.25. The Hall–Kier alpha value is -1.91. The van der Waals surface area contributed by atoms with Gasteiger partial charge in [-0.1, -0.05) is 12.1 Å². The van der Waals surface area contributed by atoms with E-state index in [0.717, 1.165) is 17.9 Å². The first kappa shape index (κ1) is 12.1. The molecule has 3 rings (SSSR count). The summed E-state index contributed by atoms with van der Waals surface area (Å²) in [5.74, 6) is 2.82. The van der Waals surface area contributed by atoms with E-state index in [4.69, 9.17) is 4.52 Å². The summed E-state index contributed by atoms with van der Waals surface area (Å²) in [5.41, 5.74) is 0.920. The Morgan fingerprint density at radius 2 is 2.21 bits per heavy atom. The molecule has 2 unspecified atom stereocenters. The molecule has 0 aromatic carbocycles. The minimum atomic E-state index is 0.484. The van der Waals surface area contributed by atoms with E-state index in [0.29, 0.717) is 23.7 Å². The van der Waals surface area contributed by atoms with E-state index in [2.05, 4.69) is 33.9 Å². The summed E-state index contributed by atoms with van der Waals surface area (Å²) in [5, 5.41) is 3.86. The van der Waals surface area contributed by atoms with Gasteiger partial charge in [-0.2, -0.15) is 4.98 Å². The van der Waals surface area contributed by atoms with Gasteiger partial charge >= 0.3 is 0 Å². The van der Waals surface area contributed by atoms with Crippen molar-refractivity contribution in [1.29, 1.82) is 0 Å². The molecule has 1 saturated heterocycles. The molecule has 100 valence electrons. The molecule has 1 aliphatic rings. The lowest BCUT2D eigenvalue weighted by atomic mass is 10.1. The topological polar surface area (TPSA) is 55.1 Å². The minimum Gasteiger partial charge on any atom is -0.353 e. The number of rotatable bonds is 2. The second kappa shape index (κ2) is 4.64. The molecule has 5 nitrogen and oxygen atoms in total. The lowest BCUT2D eigenvalue weighted by Crippen LogP contribution is -2.30. The predicted molar refractivity (Wildman–Crippen MR) is 72.9 cm³/mol. The molecule has 0 amide bonds. The highest BCUT2D eigenvalue weighted by molar-refractivity contribution is 5.70. The van der Waals surface area contributed by atoms with Crippen molar-refractivity contribution in [2.24, 2.45) is 5.92 Å². The summed E-state index contributed by atoms with van der Waals surface area (Å²) in [7, 11) is 0. The average Bonchev–Trinajstić information content (AvgIpc) is 2.98. The Labute approximate surface area is 112 Å². The molecule has 5 heteroatoms. The Kier molecular flexibility index (Phi) is 2.97. The van der Waals surface area contributed by atoms with Gasteiger partial charge in [0.15, 0.2) is 5.82 Å². The second-order valence-corrected chi connectivity index (χ2v) is 5.22. The SMILES string of the molecule is Cc1noc(-c2cccnc2N2CCC(C)C2C)n1. The first-order valence-electron chi connectivity index (χ1n) is 6.69. The number of hydrogen-bond acceptors (Lipinski definition) is 5. The first-order valence-corrected chi connectivity index (χ1v) is 6.69. The van der Waals surface area contributed by atoms with Gasteiger partial charge in [0.25, 0.3) is 5.89 Å². The number of hydrogen-bond donors (Lipinski definition) is 0. The molecule has 0 radical (unpaired) electrons. The molecular formula is C14H18N4O. The molecule has 0 N–H and O–H groups in total. The first-order chi connectivity index (χ1) is 9.16. The highest BCUT2D eigenvalue weighted by Gasteiger charge is 2.30. The number of pyridine rings is 1. The molecule has 0 aliphatic carbocycles. The van der Waals surface area contributed by atoms with Crippen molar-refractivity contribution in [2.75, 3.05) is 11.4 Å². The van der Waals surface area contributed by atoms with Crippen molar-refractivity contribution in [1.82, 2.24) is 15.1 Å². The van der Waals surface area contributed by atoms with E-state index >= 15 is 0 Å². The standard InChI is InChI=1S/C14H18N4O/c1-9-6-8-18(10(9)2)13-12(5-4-7-15-13)14-16-11(3)17-19-14/h4-5,7,9-10H,6,8H2,1-3H3. The van der Waals surface area contributed by atoms with Crippen LogP contribution < -0.4 is 4.90 Å². The third kappa shape index (κ3) is 2.09. The zero-order chi connectivity index (χ0) is 13.4. The van der Waals surface area contributed by atoms with Gasteiger partial charge in [-0.05, 0) is 38.3 Å². The third-order valence-corrected chi connectivity index (χ3v) is 3.96. The van der Waals surface area contributed by atoms with Crippen molar-refractivity contribution in [3.8, 4) is 11.5 Å². The zero-order valence-corrected chi connectivity index (χ0v) is 11.5. The third-order valence-electron chi connectivity index (χ3n) is 3.96. The van der Waals surface area contributed by atoms with Gasteiger partial charge in [-0.15, -0.1) is 0 Å². The van der Waals surface area contributed by atoms with E-state index in [1.54, 1.807) is 0 Å². The molecular weight excluding hydrogens is 240 g/mol. The van der Waals surface area contributed by atoms with Gasteiger partial charge in [-0.25, -0.2) is 4.98 Å². The largest absolute Gasteiger partial charge is 0.353 e. The Bertz CT molecular complexity index is 580. The monoisotopic (exact) mass is 258 g/mol. The number of aromatic nitrogens is 3. The molecule has 0 saturated carbocycles. The molecule has 1 aliphatic heterocycles. The van der Waals surface area contributed by atoms with Gasteiger partial charge in [0.05, 0.1) is 5.56 Å². The quantitative estimate of drug-likeness (QED) is 0.829. The molecule has 3 heterocycles. The van der Waals surface area contributed by atoms with Crippen LogP contribution in [0.1, 0.15) is 26.1 Å². The maximum absolute atomic E-state index is 5.28. The van der Waals surface area contributed by atoms with Crippen molar-refractivity contribution < 1.29 is 4.52 Å². The number of anilines is 1. The molecule has 2 aromatic rings. The van der Waals surface area contributed by atoms with E-state index in [1.165, 1.54) is 6.42 Å².